The van der Waals surface area contributed by atoms with E-state index in [0.717, 1.165) is 11.1 Å². The third kappa shape index (κ3) is 5.79. The molecular weight excluding hydrogens is 432 g/mol. The summed E-state index contributed by atoms with van der Waals surface area (Å²) in [6, 6.07) is 18.0. The Morgan fingerprint density at radius 2 is 1.50 bits per heavy atom. The highest BCUT2D eigenvalue weighted by atomic mass is 32.2. The summed E-state index contributed by atoms with van der Waals surface area (Å²) in [5.41, 5.74) is 1.96. The van der Waals surface area contributed by atoms with Crippen molar-refractivity contribution in [2.75, 3.05) is 20.3 Å². The van der Waals surface area contributed by atoms with Crippen molar-refractivity contribution >= 4 is 16.1 Å². The molecule has 0 N–H and O–H groups in total. The second-order valence-electron chi connectivity index (χ2n) is 6.95. The Bertz CT molecular complexity index is 1170. The summed E-state index contributed by atoms with van der Waals surface area (Å²) in [7, 11) is -2.73. The molecule has 0 aliphatic rings. The van der Waals surface area contributed by atoms with Crippen molar-refractivity contribution in [2.45, 2.75) is 18.7 Å². The van der Waals surface area contributed by atoms with Crippen LogP contribution in [0.1, 0.15) is 21.5 Å². The van der Waals surface area contributed by atoms with Crippen molar-refractivity contribution < 1.29 is 31.6 Å². The van der Waals surface area contributed by atoms with E-state index in [4.69, 9.17) is 18.4 Å². The number of para-hydroxylation sites is 1. The average molecular weight is 457 g/mol. The maximum atomic E-state index is 12.7. The molecule has 3 aromatic rings. The van der Waals surface area contributed by atoms with Gasteiger partial charge in [0, 0.05) is 0 Å². The van der Waals surface area contributed by atoms with E-state index >= 15 is 0 Å². The minimum absolute atomic E-state index is 0.0641. The molecule has 168 valence electrons. The van der Waals surface area contributed by atoms with Crippen molar-refractivity contribution in [1.82, 2.24) is 0 Å². The van der Waals surface area contributed by atoms with Gasteiger partial charge in [-0.05, 0) is 73.5 Å². The van der Waals surface area contributed by atoms with Gasteiger partial charge in [-0.15, -0.1) is 0 Å². The average Bonchev–Trinajstić information content (AvgIpc) is 2.79. The summed E-state index contributed by atoms with van der Waals surface area (Å²) in [5, 5.41) is 0. The maximum Gasteiger partial charge on any atom is 0.342 e. The quantitative estimate of drug-likeness (QED) is 0.269. The number of rotatable bonds is 9. The smallest absolute Gasteiger partial charge is 0.342 e. The number of methoxy groups -OCH3 is 1. The molecule has 0 saturated heterocycles. The lowest BCUT2D eigenvalue weighted by Crippen LogP contribution is -2.13. The third-order valence-corrected chi connectivity index (χ3v) is 5.94. The zero-order valence-electron chi connectivity index (χ0n) is 18.0. The van der Waals surface area contributed by atoms with E-state index in [1.165, 1.54) is 37.4 Å². The van der Waals surface area contributed by atoms with Crippen LogP contribution in [0.2, 0.25) is 0 Å². The van der Waals surface area contributed by atoms with Crippen LogP contribution in [0, 0.1) is 13.8 Å². The molecule has 0 spiro atoms. The monoisotopic (exact) mass is 456 g/mol. The molecule has 0 unspecified atom stereocenters. The van der Waals surface area contributed by atoms with Crippen molar-refractivity contribution in [3.8, 4) is 17.2 Å². The van der Waals surface area contributed by atoms with Gasteiger partial charge < -0.3 is 18.4 Å². The topological polar surface area (TPSA) is 88.1 Å². The van der Waals surface area contributed by atoms with Crippen LogP contribution in [0.4, 0.5) is 0 Å². The van der Waals surface area contributed by atoms with Crippen molar-refractivity contribution in [2.24, 2.45) is 0 Å². The van der Waals surface area contributed by atoms with Gasteiger partial charge in [0.25, 0.3) is 0 Å². The summed E-state index contributed by atoms with van der Waals surface area (Å²) in [5.74, 6) is 0.402. The Labute approximate surface area is 187 Å². The fourth-order valence-electron chi connectivity index (χ4n) is 2.83. The molecule has 32 heavy (non-hydrogen) atoms. The third-order valence-electron chi connectivity index (χ3n) is 4.67. The van der Waals surface area contributed by atoms with Gasteiger partial charge in [0.1, 0.15) is 35.4 Å². The maximum absolute atomic E-state index is 12.7. The number of esters is 1. The van der Waals surface area contributed by atoms with E-state index in [0.29, 0.717) is 5.75 Å². The molecule has 0 amide bonds. The van der Waals surface area contributed by atoms with Gasteiger partial charge in [-0.25, -0.2) is 4.79 Å². The van der Waals surface area contributed by atoms with Crippen molar-refractivity contribution in [3.05, 3.63) is 83.4 Å². The molecule has 0 atom stereocenters. The summed E-state index contributed by atoms with van der Waals surface area (Å²) >= 11 is 0. The normalized spacial score (nSPS) is 11.0. The highest BCUT2D eigenvalue weighted by molar-refractivity contribution is 7.87. The van der Waals surface area contributed by atoms with E-state index in [9.17, 15) is 13.2 Å². The van der Waals surface area contributed by atoms with E-state index in [1.54, 1.807) is 13.0 Å². The van der Waals surface area contributed by atoms with Gasteiger partial charge in [0.05, 0.1) is 12.7 Å². The molecule has 0 aliphatic heterocycles. The number of hydrogen-bond donors (Lipinski definition) is 0. The molecule has 0 aliphatic carbocycles. The van der Waals surface area contributed by atoms with Crippen LogP contribution in [0.3, 0.4) is 0 Å². The van der Waals surface area contributed by atoms with Crippen LogP contribution < -0.4 is 13.7 Å². The van der Waals surface area contributed by atoms with Gasteiger partial charge in [-0.2, -0.15) is 8.42 Å². The number of carbonyl (C=O) groups is 1. The van der Waals surface area contributed by atoms with Crippen LogP contribution in [0.15, 0.2) is 71.6 Å². The summed E-state index contributed by atoms with van der Waals surface area (Å²) in [6.07, 6.45) is 0. The van der Waals surface area contributed by atoms with Crippen LogP contribution in [-0.2, 0) is 14.9 Å². The van der Waals surface area contributed by atoms with E-state index < -0.39 is 16.1 Å². The molecule has 0 saturated carbocycles. The minimum atomic E-state index is -4.13. The Kier molecular flexibility index (Phi) is 7.37. The molecule has 0 aromatic heterocycles. The predicted molar refractivity (Wildman–Crippen MR) is 119 cm³/mol. The molecule has 0 bridgehead atoms. The summed E-state index contributed by atoms with van der Waals surface area (Å²) < 4.78 is 46.6. The minimum Gasteiger partial charge on any atom is -0.495 e. The molecule has 0 heterocycles. The number of hydrogen-bond acceptors (Lipinski definition) is 7. The fourth-order valence-corrected chi connectivity index (χ4v) is 3.99. The van der Waals surface area contributed by atoms with Crippen LogP contribution in [0.5, 0.6) is 17.2 Å². The van der Waals surface area contributed by atoms with Gasteiger partial charge in [-0.1, -0.05) is 18.2 Å². The first-order chi connectivity index (χ1) is 15.3. The fraction of sp³-hybridized carbons (Fsp3) is 0.208. The lowest BCUT2D eigenvalue weighted by molar-refractivity contribution is 0.0450. The SMILES string of the molecule is COc1cc(C)c(C)cc1S(=O)(=O)Oc1ccc(C(=O)OCCOc2ccccc2)cc1. The second-order valence-corrected chi connectivity index (χ2v) is 8.46. The first-order valence-electron chi connectivity index (χ1n) is 9.85. The van der Waals surface area contributed by atoms with Gasteiger partial charge in [0.2, 0.25) is 0 Å². The van der Waals surface area contributed by atoms with Crippen LogP contribution >= 0.6 is 0 Å². The Morgan fingerprint density at radius 1 is 0.844 bits per heavy atom. The van der Waals surface area contributed by atoms with Crippen molar-refractivity contribution in [1.29, 1.82) is 0 Å². The molecule has 0 fully saturated rings. The molecule has 0 radical (unpaired) electrons. The van der Waals surface area contributed by atoms with Gasteiger partial charge in [-0.3, -0.25) is 0 Å². The second kappa shape index (κ2) is 10.2. The Morgan fingerprint density at radius 3 is 2.16 bits per heavy atom. The predicted octanol–water partition coefficient (Wildman–Crippen LogP) is 4.32. The zero-order chi connectivity index (χ0) is 23.1. The van der Waals surface area contributed by atoms with Crippen LogP contribution in [-0.4, -0.2) is 34.7 Å². The lowest BCUT2D eigenvalue weighted by atomic mass is 10.1. The van der Waals surface area contributed by atoms with Gasteiger partial charge in [0.15, 0.2) is 0 Å². The van der Waals surface area contributed by atoms with E-state index in [1.807, 2.05) is 37.3 Å². The molecule has 3 aromatic carbocycles. The lowest BCUT2D eigenvalue weighted by Gasteiger charge is -2.13. The largest absolute Gasteiger partial charge is 0.495 e. The molecule has 8 heteroatoms. The number of aryl methyl sites for hydroxylation is 2. The standard InChI is InChI=1S/C24H24O7S/c1-17-15-22(28-3)23(16-18(17)2)32(26,27)31-21-11-9-19(10-12-21)24(25)30-14-13-29-20-7-5-4-6-8-20/h4-12,15-16H,13-14H2,1-3H3. The number of benzene rings is 3. The summed E-state index contributed by atoms with van der Waals surface area (Å²) in [4.78, 5) is 12.1. The van der Waals surface area contributed by atoms with Crippen molar-refractivity contribution in [3.63, 3.8) is 0 Å². The highest BCUT2D eigenvalue weighted by Gasteiger charge is 2.23. The van der Waals surface area contributed by atoms with Crippen LogP contribution in [0.25, 0.3) is 0 Å². The molecular formula is C24H24O7S. The van der Waals surface area contributed by atoms with E-state index in [-0.39, 0.29) is 35.2 Å². The first kappa shape index (κ1) is 23.1. The van der Waals surface area contributed by atoms with Gasteiger partial charge >= 0.3 is 16.1 Å². The number of ether oxygens (including phenoxy) is 3. The molecule has 7 nitrogen and oxygen atoms in total. The molecule has 3 rings (SSSR count). The number of carbonyl (C=O) groups excluding carboxylic acids is 1. The van der Waals surface area contributed by atoms with E-state index in [2.05, 4.69) is 0 Å². The first-order valence-corrected chi connectivity index (χ1v) is 11.3. The Hall–Kier alpha value is -3.52. The highest BCUT2D eigenvalue weighted by Crippen LogP contribution is 2.30. The zero-order valence-corrected chi connectivity index (χ0v) is 18.8. The summed E-state index contributed by atoms with van der Waals surface area (Å²) in [6.45, 7) is 3.96. The Balaban J connectivity index is 1.60.